The number of hydrogen-bond donors (Lipinski definition) is 1. The number of benzene rings is 2. The molecule has 2 aromatic carbocycles. The normalized spacial score (nSPS) is 11.1. The molecule has 0 spiro atoms. The van der Waals surface area contributed by atoms with E-state index in [2.05, 4.69) is 21.4 Å². The van der Waals surface area contributed by atoms with Gasteiger partial charge in [-0.25, -0.2) is 18.2 Å². The summed E-state index contributed by atoms with van der Waals surface area (Å²) < 4.78 is 33.2. The van der Waals surface area contributed by atoms with Crippen molar-refractivity contribution in [1.29, 1.82) is 0 Å². The Morgan fingerprint density at radius 3 is 2.41 bits per heavy atom. The molecule has 3 rings (SSSR count). The van der Waals surface area contributed by atoms with Crippen LogP contribution in [0.2, 0.25) is 10.0 Å². The first-order valence-electron chi connectivity index (χ1n) is 11.2. The van der Waals surface area contributed by atoms with Gasteiger partial charge in [-0.2, -0.15) is 4.98 Å². The minimum atomic E-state index is -4.05. The summed E-state index contributed by atoms with van der Waals surface area (Å²) in [7, 11) is 0.466. The highest BCUT2D eigenvalue weighted by Crippen LogP contribution is 2.33. The minimum absolute atomic E-state index is 0.0488. The second-order valence-corrected chi connectivity index (χ2v) is 10.7. The molecule has 13 heteroatoms. The van der Waals surface area contributed by atoms with Gasteiger partial charge >= 0.3 is 6.09 Å². The van der Waals surface area contributed by atoms with Crippen LogP contribution in [-0.4, -0.2) is 63.6 Å². The van der Waals surface area contributed by atoms with Crippen LogP contribution in [0.4, 0.5) is 27.9 Å². The molecule has 10 nitrogen and oxygen atoms in total. The number of amides is 1. The molecule has 1 amide bonds. The van der Waals surface area contributed by atoms with E-state index in [9.17, 15) is 13.2 Å². The Morgan fingerprint density at radius 2 is 1.78 bits per heavy atom. The molecule has 0 fully saturated rings. The van der Waals surface area contributed by atoms with Crippen LogP contribution in [0.3, 0.4) is 0 Å². The van der Waals surface area contributed by atoms with Gasteiger partial charge < -0.3 is 19.9 Å². The van der Waals surface area contributed by atoms with Crippen molar-refractivity contribution in [3.05, 3.63) is 58.7 Å². The van der Waals surface area contributed by atoms with Crippen LogP contribution in [0.15, 0.2) is 47.5 Å². The molecule has 0 aliphatic rings. The van der Waals surface area contributed by atoms with E-state index >= 15 is 0 Å². The smallest absolute Gasteiger partial charge is 0.409 e. The number of ether oxygens (including phenoxy) is 1. The number of anilines is 4. The first kappa shape index (κ1) is 28.3. The maximum absolute atomic E-state index is 13.4. The third-order valence-corrected chi connectivity index (χ3v) is 7.78. The van der Waals surface area contributed by atoms with Crippen molar-refractivity contribution >= 4 is 62.5 Å². The van der Waals surface area contributed by atoms with Gasteiger partial charge in [-0.15, -0.1) is 0 Å². The lowest BCUT2D eigenvalue weighted by atomic mass is 10.3. The standard InChI is InChI=1S/C24H27Cl2N6O4S/c1-6-32(7-2)23-27-15-21(31(5)37(34,35)18-11-12-19(25)20(26)14-18)22(29-23)28-16-9-8-10-17(13-16)36-24(33)30(3)4/h8-12,14-15H,6-7H2,1-5H3,(H,27,28,29). The van der Waals surface area contributed by atoms with E-state index < -0.39 is 16.1 Å². The molecule has 0 atom stereocenters. The first-order chi connectivity index (χ1) is 17.5. The van der Waals surface area contributed by atoms with E-state index in [-0.39, 0.29) is 32.2 Å². The number of hydrogen-bond acceptors (Lipinski definition) is 8. The molecule has 0 aliphatic heterocycles. The molecule has 1 heterocycles. The van der Waals surface area contributed by atoms with Gasteiger partial charge in [0.2, 0.25) is 5.95 Å². The van der Waals surface area contributed by atoms with E-state index in [4.69, 9.17) is 27.9 Å². The highest BCUT2D eigenvalue weighted by atomic mass is 35.5. The Balaban J connectivity index is 2.05. The fraction of sp³-hybridized carbons (Fsp3) is 0.292. The predicted octanol–water partition coefficient (Wildman–Crippen LogP) is 5.06. The molecule has 3 aromatic rings. The van der Waals surface area contributed by atoms with Crippen LogP contribution >= 0.6 is 23.2 Å². The summed E-state index contributed by atoms with van der Waals surface area (Å²) in [4.78, 5) is 24.1. The second kappa shape index (κ2) is 11.8. The maximum Gasteiger partial charge on any atom is 0.414 e. The number of nitrogens with one attached hydrogen (secondary N) is 1. The zero-order valence-electron chi connectivity index (χ0n) is 21.0. The molecule has 197 valence electrons. The predicted molar refractivity (Wildman–Crippen MR) is 146 cm³/mol. The summed E-state index contributed by atoms with van der Waals surface area (Å²) in [6.07, 6.45) is 0.862. The Labute approximate surface area is 226 Å². The van der Waals surface area contributed by atoms with Crippen LogP contribution in [-0.2, 0) is 10.0 Å². The van der Waals surface area contributed by atoms with Crippen LogP contribution in [0.1, 0.15) is 13.8 Å². The quantitative estimate of drug-likeness (QED) is 0.383. The van der Waals surface area contributed by atoms with Crippen molar-refractivity contribution in [2.75, 3.05) is 48.8 Å². The van der Waals surface area contributed by atoms with E-state index in [0.717, 1.165) is 4.31 Å². The average Bonchev–Trinajstić information content (AvgIpc) is 2.86. The zero-order valence-corrected chi connectivity index (χ0v) is 23.3. The molecule has 1 radical (unpaired) electrons. The van der Waals surface area contributed by atoms with Crippen molar-refractivity contribution < 1.29 is 17.9 Å². The van der Waals surface area contributed by atoms with Gasteiger partial charge in [-0.3, -0.25) is 4.31 Å². The first-order valence-corrected chi connectivity index (χ1v) is 13.4. The van der Waals surface area contributed by atoms with Crippen LogP contribution in [0, 0.1) is 6.07 Å². The lowest BCUT2D eigenvalue weighted by Gasteiger charge is -2.24. The van der Waals surface area contributed by atoms with E-state index in [0.29, 0.717) is 24.7 Å². The summed E-state index contributed by atoms with van der Waals surface area (Å²) in [5.74, 6) is 0.794. The highest BCUT2D eigenvalue weighted by molar-refractivity contribution is 7.92. The fourth-order valence-electron chi connectivity index (χ4n) is 3.17. The summed E-state index contributed by atoms with van der Waals surface area (Å²) >= 11 is 12.0. The van der Waals surface area contributed by atoms with Crippen molar-refractivity contribution in [2.24, 2.45) is 0 Å². The number of carbonyl (C=O) groups is 1. The number of halogens is 2. The SMILES string of the molecule is CCN(CC)c1ncc(N(C)S(=O)(=O)c2ccc(Cl)c(Cl)c2)c(Nc2[c]c(OC(=O)N(C)C)ccc2)n1. The topological polar surface area (TPSA) is 108 Å². The monoisotopic (exact) mass is 565 g/mol. The Hall–Kier alpha value is -3.28. The van der Waals surface area contributed by atoms with E-state index in [1.54, 1.807) is 32.3 Å². The molecular formula is C24H27Cl2N6O4S. The molecule has 0 aliphatic carbocycles. The molecule has 37 heavy (non-hydrogen) atoms. The van der Waals surface area contributed by atoms with Crippen molar-refractivity contribution in [3.8, 4) is 5.75 Å². The molecule has 1 aromatic heterocycles. The average molecular weight is 566 g/mol. The van der Waals surface area contributed by atoms with Crippen LogP contribution in [0.5, 0.6) is 5.75 Å². The molecule has 0 saturated heterocycles. The molecule has 0 saturated carbocycles. The summed E-state index contributed by atoms with van der Waals surface area (Å²) in [6.45, 7) is 5.22. The Morgan fingerprint density at radius 1 is 1.08 bits per heavy atom. The largest absolute Gasteiger partial charge is 0.414 e. The summed E-state index contributed by atoms with van der Waals surface area (Å²) in [6, 6.07) is 11.9. The number of rotatable bonds is 9. The molecule has 1 N–H and O–H groups in total. The van der Waals surface area contributed by atoms with E-state index in [1.807, 2.05) is 18.7 Å². The van der Waals surface area contributed by atoms with Crippen molar-refractivity contribution in [1.82, 2.24) is 14.9 Å². The third-order valence-electron chi connectivity index (χ3n) is 5.28. The Bertz CT molecular complexity index is 1380. The van der Waals surface area contributed by atoms with Crippen LogP contribution < -0.4 is 19.3 Å². The number of carbonyl (C=O) groups excluding carboxylic acids is 1. The fourth-order valence-corrected chi connectivity index (χ4v) is 4.74. The molecule has 0 bridgehead atoms. The van der Waals surface area contributed by atoms with Crippen molar-refractivity contribution in [3.63, 3.8) is 0 Å². The van der Waals surface area contributed by atoms with Gasteiger partial charge in [0.1, 0.15) is 11.4 Å². The lowest BCUT2D eigenvalue weighted by Crippen LogP contribution is -2.29. The second-order valence-electron chi connectivity index (χ2n) is 7.94. The number of sulfonamides is 1. The molecular weight excluding hydrogens is 539 g/mol. The van der Waals surface area contributed by atoms with Gasteiger partial charge in [0, 0.05) is 34.2 Å². The van der Waals surface area contributed by atoms with Crippen molar-refractivity contribution in [2.45, 2.75) is 18.7 Å². The zero-order chi connectivity index (χ0) is 27.3. The van der Waals surface area contributed by atoms with Gasteiger partial charge in [0.05, 0.1) is 32.9 Å². The van der Waals surface area contributed by atoms with Gasteiger partial charge in [0.15, 0.2) is 5.82 Å². The summed E-state index contributed by atoms with van der Waals surface area (Å²) in [5, 5.41) is 3.44. The van der Waals surface area contributed by atoms with Crippen LogP contribution in [0.25, 0.3) is 0 Å². The number of aromatic nitrogens is 2. The van der Waals surface area contributed by atoms with E-state index in [1.165, 1.54) is 36.3 Å². The lowest BCUT2D eigenvalue weighted by molar-refractivity contribution is 0.172. The maximum atomic E-state index is 13.4. The number of nitrogens with zero attached hydrogens (tertiary/aromatic N) is 5. The third kappa shape index (κ3) is 6.54. The molecule has 0 unspecified atom stereocenters. The minimum Gasteiger partial charge on any atom is -0.409 e. The van der Waals surface area contributed by atoms with Gasteiger partial charge in [-0.1, -0.05) is 29.3 Å². The van der Waals surface area contributed by atoms with Gasteiger partial charge in [0.25, 0.3) is 10.0 Å². The highest BCUT2D eigenvalue weighted by Gasteiger charge is 2.26. The van der Waals surface area contributed by atoms with Gasteiger partial charge in [-0.05, 0) is 44.2 Å². The summed E-state index contributed by atoms with van der Waals surface area (Å²) in [5.41, 5.74) is 0.570. The Kier molecular flexibility index (Phi) is 9.06.